The Morgan fingerprint density at radius 1 is 0.258 bits per heavy atom. The van der Waals surface area contributed by atoms with Crippen LogP contribution >= 0.6 is 0 Å². The molecule has 1 heterocycles. The monoisotopic (exact) mass is 839 g/mol. The zero-order chi connectivity index (χ0) is 44.4. The number of nitrogens with zero attached hydrogens (tertiary/aromatic N) is 5. The molecule has 0 aliphatic heterocycles. The van der Waals surface area contributed by atoms with E-state index in [0.29, 0.717) is 28.6 Å². The summed E-state index contributed by atoms with van der Waals surface area (Å²) in [5, 5.41) is 24.6. The average Bonchev–Trinajstić information content (AvgIpc) is 3.40. The molecule has 0 amide bonds. The van der Waals surface area contributed by atoms with Crippen molar-refractivity contribution in [3.63, 3.8) is 0 Å². The minimum absolute atomic E-state index is 0.524. The van der Waals surface area contributed by atoms with E-state index in [-0.39, 0.29) is 0 Å². The summed E-state index contributed by atoms with van der Waals surface area (Å²) in [5.74, 6) is 1.63. The molecule has 0 unspecified atom stereocenters. The number of aromatic nitrogens is 3. The maximum atomic E-state index is 10.4. The molecule has 11 aromatic rings. The topological polar surface area (TPSA) is 86.2 Å². The van der Waals surface area contributed by atoms with Crippen LogP contribution in [0.5, 0.6) is 0 Å². The van der Waals surface area contributed by atoms with E-state index < -0.39 is 0 Å². The first kappa shape index (κ1) is 39.5. The quantitative estimate of drug-likeness (QED) is 0.142. The van der Waals surface area contributed by atoms with Crippen molar-refractivity contribution in [3.8, 4) is 102 Å². The number of hydrogen-bond donors (Lipinski definition) is 0. The Bertz CT molecular complexity index is 3710. The van der Waals surface area contributed by atoms with Crippen molar-refractivity contribution < 1.29 is 0 Å². The summed E-state index contributed by atoms with van der Waals surface area (Å²) >= 11 is 0. The second-order valence-corrected chi connectivity index (χ2v) is 16.3. The summed E-state index contributed by atoms with van der Waals surface area (Å²) < 4.78 is 0. The largest absolute Gasteiger partial charge is 0.208 e. The van der Waals surface area contributed by atoms with Gasteiger partial charge in [0.1, 0.15) is 0 Å². The van der Waals surface area contributed by atoms with Crippen LogP contribution in [0.15, 0.2) is 224 Å². The molecule has 0 radical (unpaired) electrons. The highest BCUT2D eigenvalue weighted by Gasteiger charge is 2.17. The van der Waals surface area contributed by atoms with Gasteiger partial charge in [0.05, 0.1) is 23.3 Å². The minimum Gasteiger partial charge on any atom is -0.208 e. The van der Waals surface area contributed by atoms with Gasteiger partial charge in [-0.25, -0.2) is 15.0 Å². The lowest BCUT2D eigenvalue weighted by molar-refractivity contribution is 1.07. The predicted octanol–water partition coefficient (Wildman–Crippen LogP) is 15.3. The SMILES string of the molecule is N#Cc1ccc(-c2ccc(-c3nc(-c4ccccc4)nc(-c4ccccc4-c4cc(C#N)cc(-c5cccc(-c6cccc(-c7ccc8ccc9ccccc9c8c7)c6)c5)c4)n3)cc2)cc1. The van der Waals surface area contributed by atoms with Crippen LogP contribution < -0.4 is 0 Å². The Balaban J connectivity index is 0.960. The van der Waals surface area contributed by atoms with Crippen molar-refractivity contribution in [1.82, 2.24) is 15.0 Å². The maximum Gasteiger partial charge on any atom is 0.164 e. The molecule has 0 saturated carbocycles. The highest BCUT2D eigenvalue weighted by Crippen LogP contribution is 2.38. The van der Waals surface area contributed by atoms with Gasteiger partial charge in [0.2, 0.25) is 0 Å². The van der Waals surface area contributed by atoms with Crippen LogP contribution in [0.1, 0.15) is 11.1 Å². The molecule has 0 atom stereocenters. The van der Waals surface area contributed by atoms with Crippen LogP contribution in [0.4, 0.5) is 0 Å². The predicted molar refractivity (Wildman–Crippen MR) is 268 cm³/mol. The number of benzene rings is 10. The molecule has 306 valence electrons. The summed E-state index contributed by atoms with van der Waals surface area (Å²) in [6.45, 7) is 0. The molecule has 0 spiro atoms. The van der Waals surface area contributed by atoms with Gasteiger partial charge < -0.3 is 0 Å². The van der Waals surface area contributed by atoms with Crippen LogP contribution in [-0.4, -0.2) is 15.0 Å². The third kappa shape index (κ3) is 7.75. The lowest BCUT2D eigenvalue weighted by atomic mass is 9.92. The van der Waals surface area contributed by atoms with E-state index in [0.717, 1.165) is 66.8 Å². The van der Waals surface area contributed by atoms with Crippen molar-refractivity contribution in [2.45, 2.75) is 0 Å². The van der Waals surface area contributed by atoms with Crippen LogP contribution in [0, 0.1) is 22.7 Å². The first-order valence-electron chi connectivity index (χ1n) is 21.8. The normalized spacial score (nSPS) is 11.0. The second kappa shape index (κ2) is 17.1. The van der Waals surface area contributed by atoms with Crippen LogP contribution in [0.3, 0.4) is 0 Å². The van der Waals surface area contributed by atoms with Gasteiger partial charge in [0, 0.05) is 16.7 Å². The highest BCUT2D eigenvalue weighted by atomic mass is 15.0. The Hall–Kier alpha value is -9.29. The molecule has 66 heavy (non-hydrogen) atoms. The van der Waals surface area contributed by atoms with Crippen LogP contribution in [-0.2, 0) is 0 Å². The van der Waals surface area contributed by atoms with E-state index >= 15 is 0 Å². The van der Waals surface area contributed by atoms with Crippen molar-refractivity contribution in [3.05, 3.63) is 236 Å². The number of nitriles is 2. The average molecular weight is 840 g/mol. The van der Waals surface area contributed by atoms with Crippen molar-refractivity contribution in [1.29, 1.82) is 10.5 Å². The molecule has 5 heteroatoms. The van der Waals surface area contributed by atoms with Gasteiger partial charge in [-0.2, -0.15) is 10.5 Å². The zero-order valence-electron chi connectivity index (χ0n) is 35.6. The Labute approximate surface area is 382 Å². The summed E-state index contributed by atoms with van der Waals surface area (Å²) in [4.78, 5) is 15.2. The van der Waals surface area contributed by atoms with Gasteiger partial charge in [-0.1, -0.05) is 176 Å². The van der Waals surface area contributed by atoms with Crippen molar-refractivity contribution >= 4 is 21.5 Å². The van der Waals surface area contributed by atoms with E-state index in [1.54, 1.807) is 0 Å². The van der Waals surface area contributed by atoms with Crippen molar-refractivity contribution in [2.75, 3.05) is 0 Å². The van der Waals surface area contributed by atoms with Gasteiger partial charge in [0.25, 0.3) is 0 Å². The summed E-state index contributed by atoms with van der Waals surface area (Å²) in [6.07, 6.45) is 0. The molecular formula is C61H37N5. The summed E-state index contributed by atoms with van der Waals surface area (Å²) in [7, 11) is 0. The van der Waals surface area contributed by atoms with E-state index in [2.05, 4.69) is 127 Å². The van der Waals surface area contributed by atoms with Gasteiger partial charge in [-0.3, -0.25) is 0 Å². The van der Waals surface area contributed by atoms with E-state index in [1.165, 1.54) is 27.1 Å². The third-order valence-corrected chi connectivity index (χ3v) is 12.2. The zero-order valence-corrected chi connectivity index (χ0v) is 35.6. The smallest absolute Gasteiger partial charge is 0.164 e. The Morgan fingerprint density at radius 2 is 0.697 bits per heavy atom. The fraction of sp³-hybridized carbons (Fsp3) is 0. The van der Waals surface area contributed by atoms with Gasteiger partial charge >= 0.3 is 0 Å². The second-order valence-electron chi connectivity index (χ2n) is 16.3. The number of rotatable bonds is 8. The molecule has 0 aliphatic carbocycles. The lowest BCUT2D eigenvalue weighted by Crippen LogP contribution is -2.01. The van der Waals surface area contributed by atoms with Crippen molar-refractivity contribution in [2.24, 2.45) is 0 Å². The third-order valence-electron chi connectivity index (χ3n) is 12.2. The standard InChI is InChI=1S/C61H37N5/c62-38-40-20-22-42(23-21-40)43-24-29-47(30-25-43)60-64-59(46-11-2-1-3-12-46)65-61(66-60)57-19-7-6-18-56(57)54-33-41(39-63)32-53(36-54)51-16-9-14-49(35-51)48-13-8-15-50(34-48)52-31-28-45-27-26-44-10-4-5-17-55(44)58(45)37-52/h1-37H. The molecule has 1 aromatic heterocycles. The molecule has 0 aliphatic rings. The van der Waals surface area contributed by atoms with E-state index in [1.807, 2.05) is 109 Å². The summed E-state index contributed by atoms with van der Waals surface area (Å²) in [5.41, 5.74) is 14.0. The molecule has 5 nitrogen and oxygen atoms in total. The minimum atomic E-state index is 0.524. The molecular weight excluding hydrogens is 803 g/mol. The molecule has 0 bridgehead atoms. The first-order chi connectivity index (χ1) is 32.6. The highest BCUT2D eigenvalue weighted by molar-refractivity contribution is 6.08. The molecule has 0 N–H and O–H groups in total. The first-order valence-corrected chi connectivity index (χ1v) is 21.8. The fourth-order valence-electron chi connectivity index (χ4n) is 8.77. The maximum absolute atomic E-state index is 10.4. The molecule has 0 saturated heterocycles. The number of fused-ring (bicyclic) bond motifs is 3. The van der Waals surface area contributed by atoms with Gasteiger partial charge in [-0.05, 0) is 126 Å². The Morgan fingerprint density at radius 3 is 1.36 bits per heavy atom. The van der Waals surface area contributed by atoms with Crippen LogP contribution in [0.25, 0.3) is 111 Å². The lowest BCUT2D eigenvalue weighted by Gasteiger charge is -2.14. The fourth-order valence-corrected chi connectivity index (χ4v) is 8.77. The molecule has 10 aromatic carbocycles. The molecule has 0 fully saturated rings. The van der Waals surface area contributed by atoms with E-state index in [4.69, 9.17) is 15.0 Å². The van der Waals surface area contributed by atoms with Crippen LogP contribution in [0.2, 0.25) is 0 Å². The van der Waals surface area contributed by atoms with E-state index in [9.17, 15) is 10.5 Å². The van der Waals surface area contributed by atoms with Gasteiger partial charge in [-0.15, -0.1) is 0 Å². The number of hydrogen-bond acceptors (Lipinski definition) is 5. The van der Waals surface area contributed by atoms with Gasteiger partial charge in [0.15, 0.2) is 17.5 Å². The summed E-state index contributed by atoms with van der Waals surface area (Å²) in [6, 6.07) is 81.3. The molecule has 11 rings (SSSR count). The Kier molecular flexibility index (Phi) is 10.3.